The Bertz CT molecular complexity index is 786. The molecule has 1 saturated heterocycles. The zero-order valence-electron chi connectivity index (χ0n) is 24.3. The van der Waals surface area contributed by atoms with E-state index in [2.05, 4.69) is 0 Å². The van der Waals surface area contributed by atoms with E-state index in [4.69, 9.17) is 5.73 Å². The van der Waals surface area contributed by atoms with E-state index in [-0.39, 0.29) is 19.6 Å². The predicted octanol–water partition coefficient (Wildman–Crippen LogP) is 3.83. The number of nitrogens with two attached hydrogens (primary N) is 1. The Morgan fingerprint density at radius 1 is 0.730 bits per heavy atom. The zero-order valence-corrected chi connectivity index (χ0v) is 24.3. The van der Waals surface area contributed by atoms with Crippen LogP contribution in [0.2, 0.25) is 0 Å². The van der Waals surface area contributed by atoms with Gasteiger partial charge in [-0.15, -0.1) is 0 Å². The largest absolute Gasteiger partial charge is 0.465 e. The summed E-state index contributed by atoms with van der Waals surface area (Å²) in [5.74, 6) is 0. The second-order valence-corrected chi connectivity index (χ2v) is 13.4. The van der Waals surface area contributed by atoms with Crippen LogP contribution >= 0.6 is 0 Å². The molecule has 0 aliphatic carbocycles. The lowest BCUT2D eigenvalue weighted by atomic mass is 9.69. The first-order chi connectivity index (χ1) is 16.7. The van der Waals surface area contributed by atoms with E-state index < -0.39 is 52.7 Å². The third kappa shape index (κ3) is 8.91. The molecule has 0 saturated carbocycles. The number of carbonyl (C=O) groups is 3. The second kappa shape index (κ2) is 12.5. The Labute approximate surface area is 222 Å². The van der Waals surface area contributed by atoms with E-state index in [1.807, 2.05) is 67.2 Å². The summed E-state index contributed by atoms with van der Waals surface area (Å²) in [6.45, 7) is 19.4. The van der Waals surface area contributed by atoms with Crippen molar-refractivity contribution < 1.29 is 29.7 Å². The lowest BCUT2D eigenvalue weighted by Crippen LogP contribution is -2.69. The van der Waals surface area contributed by atoms with Gasteiger partial charge >= 0.3 is 18.3 Å². The first-order valence-electron chi connectivity index (χ1n) is 13.1. The molecule has 216 valence electrons. The summed E-state index contributed by atoms with van der Waals surface area (Å²) >= 11 is 0. The molecule has 1 aliphatic rings. The fraction of sp³-hybridized carbons (Fsp3) is 0.885. The quantitative estimate of drug-likeness (QED) is 0.431. The van der Waals surface area contributed by atoms with Gasteiger partial charge in [0.15, 0.2) is 0 Å². The number of nitrogens with zero attached hydrogens (tertiary/aromatic N) is 4. The van der Waals surface area contributed by atoms with Gasteiger partial charge in [0.1, 0.15) is 0 Å². The van der Waals surface area contributed by atoms with Crippen molar-refractivity contribution in [2.45, 2.75) is 86.9 Å². The van der Waals surface area contributed by atoms with Gasteiger partial charge in [-0.05, 0) is 35.8 Å². The summed E-state index contributed by atoms with van der Waals surface area (Å²) in [4.78, 5) is 44.2. The van der Waals surface area contributed by atoms with Crippen LogP contribution in [-0.4, -0.2) is 117 Å². The number of hydrogen-bond donors (Lipinski definition) is 4. The molecular formula is C26H51N5O6. The van der Waals surface area contributed by atoms with Crippen LogP contribution < -0.4 is 5.73 Å². The molecule has 5 N–H and O–H groups in total. The van der Waals surface area contributed by atoms with Gasteiger partial charge < -0.3 is 30.9 Å². The van der Waals surface area contributed by atoms with E-state index in [1.165, 1.54) is 14.7 Å². The van der Waals surface area contributed by atoms with Crippen molar-refractivity contribution in [3.8, 4) is 0 Å². The van der Waals surface area contributed by atoms with Gasteiger partial charge in [-0.25, -0.2) is 14.4 Å². The molecule has 3 amide bonds. The number of amides is 3. The van der Waals surface area contributed by atoms with Crippen LogP contribution in [0.4, 0.5) is 14.4 Å². The molecule has 11 heteroatoms. The first-order valence-corrected chi connectivity index (χ1v) is 13.1. The van der Waals surface area contributed by atoms with Crippen LogP contribution in [0, 0.1) is 16.2 Å². The number of rotatable bonds is 3. The van der Waals surface area contributed by atoms with Crippen molar-refractivity contribution in [3.63, 3.8) is 0 Å². The third-order valence-corrected chi connectivity index (χ3v) is 7.20. The number of carboxylic acid groups (broad SMARTS) is 3. The Kier molecular flexibility index (Phi) is 11.1. The van der Waals surface area contributed by atoms with Crippen LogP contribution in [0.1, 0.15) is 68.7 Å². The fourth-order valence-corrected chi connectivity index (χ4v) is 5.37. The van der Waals surface area contributed by atoms with Gasteiger partial charge in [0.2, 0.25) is 0 Å². The Balaban J connectivity index is 3.96. The maximum Gasteiger partial charge on any atom is 0.407 e. The monoisotopic (exact) mass is 529 g/mol. The van der Waals surface area contributed by atoms with E-state index in [0.717, 1.165) is 0 Å². The molecule has 0 spiro atoms. The second-order valence-electron chi connectivity index (χ2n) is 13.4. The normalized spacial score (nSPS) is 23.8. The highest BCUT2D eigenvalue weighted by atomic mass is 16.4. The third-order valence-electron chi connectivity index (χ3n) is 7.20. The van der Waals surface area contributed by atoms with Crippen molar-refractivity contribution in [2.75, 3.05) is 45.8 Å². The van der Waals surface area contributed by atoms with E-state index in [1.54, 1.807) is 0 Å². The molecule has 1 rings (SSSR count). The van der Waals surface area contributed by atoms with Crippen LogP contribution in [0.3, 0.4) is 0 Å². The van der Waals surface area contributed by atoms with Gasteiger partial charge in [0, 0.05) is 32.7 Å². The highest BCUT2D eigenvalue weighted by Crippen LogP contribution is 2.41. The Hall–Kier alpha value is -2.27. The van der Waals surface area contributed by atoms with Gasteiger partial charge in [0.25, 0.3) is 0 Å². The average Bonchev–Trinajstić information content (AvgIpc) is 2.69. The van der Waals surface area contributed by atoms with Gasteiger partial charge in [-0.2, -0.15) is 0 Å². The van der Waals surface area contributed by atoms with Crippen LogP contribution in [-0.2, 0) is 0 Å². The molecule has 1 fully saturated rings. The lowest BCUT2D eigenvalue weighted by Gasteiger charge is -2.55. The molecule has 0 radical (unpaired) electrons. The molecule has 0 aromatic carbocycles. The van der Waals surface area contributed by atoms with Gasteiger partial charge in [-0.1, -0.05) is 62.3 Å². The summed E-state index contributed by atoms with van der Waals surface area (Å²) in [5.41, 5.74) is 3.82. The SMILES string of the molecule is CC(C)(C)C1C(C(C)(C)C)N(C(=O)O)C(C(C)(C)C)CN(C(=O)O)CCN(CCCN)CCN1C(=O)O. The molecule has 3 atom stereocenters. The minimum atomic E-state index is -1.19. The maximum absolute atomic E-state index is 13.1. The van der Waals surface area contributed by atoms with Crippen molar-refractivity contribution in [2.24, 2.45) is 22.0 Å². The highest BCUT2D eigenvalue weighted by molar-refractivity contribution is 5.69. The van der Waals surface area contributed by atoms with Crippen LogP contribution in [0.5, 0.6) is 0 Å². The van der Waals surface area contributed by atoms with E-state index >= 15 is 0 Å². The smallest absolute Gasteiger partial charge is 0.407 e. The maximum atomic E-state index is 13.1. The standard InChI is InChI=1S/C26H51N5O6/c1-24(2,3)18-17-29(21(32)33)15-13-28(12-10-11-27)14-16-30(22(34)35)19(25(4,5)6)20(26(7,8)9)31(18)23(36)37/h18-20H,10-17,27H2,1-9H3,(H,32,33)(H,34,35)(H,36,37). The fourth-order valence-electron chi connectivity index (χ4n) is 5.37. The van der Waals surface area contributed by atoms with Crippen molar-refractivity contribution in [3.05, 3.63) is 0 Å². The molecule has 37 heavy (non-hydrogen) atoms. The molecule has 1 aliphatic heterocycles. The lowest BCUT2D eigenvalue weighted by molar-refractivity contribution is -0.0589. The molecule has 11 nitrogen and oxygen atoms in total. The van der Waals surface area contributed by atoms with Gasteiger partial charge in [0.05, 0.1) is 18.1 Å². The van der Waals surface area contributed by atoms with E-state index in [9.17, 15) is 29.7 Å². The minimum Gasteiger partial charge on any atom is -0.465 e. The topological polar surface area (TPSA) is 151 Å². The van der Waals surface area contributed by atoms with Crippen LogP contribution in [0.15, 0.2) is 0 Å². The van der Waals surface area contributed by atoms with Crippen molar-refractivity contribution in [1.82, 2.24) is 19.6 Å². The van der Waals surface area contributed by atoms with Crippen molar-refractivity contribution >= 4 is 18.3 Å². The Morgan fingerprint density at radius 2 is 1.24 bits per heavy atom. The molecule has 0 aromatic heterocycles. The molecular weight excluding hydrogens is 478 g/mol. The zero-order chi connectivity index (χ0) is 28.9. The highest BCUT2D eigenvalue weighted by Gasteiger charge is 2.52. The summed E-state index contributed by atoms with van der Waals surface area (Å²) < 4.78 is 0. The predicted molar refractivity (Wildman–Crippen MR) is 144 cm³/mol. The first kappa shape index (κ1) is 32.8. The van der Waals surface area contributed by atoms with Crippen LogP contribution in [0.25, 0.3) is 0 Å². The molecule has 0 bridgehead atoms. The number of hydrogen-bond acceptors (Lipinski definition) is 5. The summed E-state index contributed by atoms with van der Waals surface area (Å²) in [6, 6.07) is -2.17. The molecule has 3 unspecified atom stereocenters. The summed E-state index contributed by atoms with van der Waals surface area (Å²) in [7, 11) is 0. The van der Waals surface area contributed by atoms with E-state index in [0.29, 0.717) is 32.6 Å². The summed E-state index contributed by atoms with van der Waals surface area (Å²) in [6.07, 6.45) is -2.70. The average molecular weight is 530 g/mol. The molecule has 1 heterocycles. The van der Waals surface area contributed by atoms with Gasteiger partial charge in [-0.3, -0.25) is 9.80 Å². The molecule has 0 aromatic rings. The Morgan fingerprint density at radius 3 is 1.62 bits per heavy atom. The summed E-state index contributed by atoms with van der Waals surface area (Å²) in [5, 5.41) is 31.2. The minimum absolute atomic E-state index is 0.0215. The van der Waals surface area contributed by atoms with Crippen molar-refractivity contribution in [1.29, 1.82) is 0 Å².